The summed E-state index contributed by atoms with van der Waals surface area (Å²) in [5.74, 6) is -0.0374. The quantitative estimate of drug-likeness (QED) is 0.270. The van der Waals surface area contributed by atoms with Crippen LogP contribution in [0.3, 0.4) is 0 Å². The van der Waals surface area contributed by atoms with E-state index in [1.165, 1.54) is 18.2 Å². The summed E-state index contributed by atoms with van der Waals surface area (Å²) in [5, 5.41) is 23.7. The topological polar surface area (TPSA) is 94.9 Å². The van der Waals surface area contributed by atoms with Crippen molar-refractivity contribution in [2.45, 2.75) is 0 Å². The van der Waals surface area contributed by atoms with Gasteiger partial charge in [0.1, 0.15) is 5.82 Å². The van der Waals surface area contributed by atoms with E-state index in [4.69, 9.17) is 4.98 Å². The third-order valence-corrected chi connectivity index (χ3v) is 5.46. The third-order valence-electron chi connectivity index (χ3n) is 5.46. The smallest absolute Gasteiger partial charge is 0.270 e. The van der Waals surface area contributed by atoms with E-state index in [2.05, 4.69) is 17.1 Å². The van der Waals surface area contributed by atoms with Crippen LogP contribution in [0.15, 0.2) is 103 Å². The summed E-state index contributed by atoms with van der Waals surface area (Å²) in [7, 11) is 0. The van der Waals surface area contributed by atoms with Gasteiger partial charge in [0.15, 0.2) is 0 Å². The number of nitro groups is 1. The Balaban J connectivity index is 1.64. The van der Waals surface area contributed by atoms with Gasteiger partial charge in [-0.2, -0.15) is 0 Å². The number of nitrogens with one attached hydrogen (secondary N) is 1. The van der Waals surface area contributed by atoms with Gasteiger partial charge in [0.05, 0.1) is 16.3 Å². The van der Waals surface area contributed by atoms with Crippen LogP contribution in [-0.2, 0) is 0 Å². The van der Waals surface area contributed by atoms with Crippen molar-refractivity contribution in [1.82, 2.24) is 9.97 Å². The van der Waals surface area contributed by atoms with Crippen LogP contribution in [0.4, 0.5) is 5.69 Å². The lowest BCUT2D eigenvalue weighted by atomic mass is 10.0. The van der Waals surface area contributed by atoms with Crippen LogP contribution in [0.25, 0.3) is 45.0 Å². The minimum absolute atomic E-state index is 0.156. The fourth-order valence-electron chi connectivity index (χ4n) is 3.79. The Morgan fingerprint density at radius 1 is 0.697 bits per heavy atom. The zero-order chi connectivity index (χ0) is 22.8. The van der Waals surface area contributed by atoms with Gasteiger partial charge in [0, 0.05) is 28.8 Å². The average Bonchev–Trinajstić information content (AvgIpc) is 3.31. The molecule has 1 heterocycles. The molecule has 6 heteroatoms. The van der Waals surface area contributed by atoms with Crippen molar-refractivity contribution in [2.75, 3.05) is 0 Å². The van der Waals surface area contributed by atoms with Crippen LogP contribution in [0.2, 0.25) is 0 Å². The van der Waals surface area contributed by atoms with Gasteiger partial charge < -0.3 is 10.1 Å². The second-order valence-electron chi connectivity index (χ2n) is 7.56. The number of rotatable bonds is 5. The molecule has 0 aliphatic rings. The summed E-state index contributed by atoms with van der Waals surface area (Å²) in [4.78, 5) is 18.6. The second-order valence-corrected chi connectivity index (χ2v) is 7.56. The standard InChI is InChI=1S/C27H19N3O3/c31-24-16-15-22(30(32)33)17-23(24)27-28-25(20-9-5-2-6-10-20)26(29-27)21-13-11-19(12-14-21)18-7-3-1-4-8-18/h1-17,31H,(H,28,29)/p-1. The van der Waals surface area contributed by atoms with Crippen molar-refractivity contribution < 1.29 is 10.0 Å². The number of aromatic amines is 1. The maximum Gasteiger partial charge on any atom is 0.270 e. The molecule has 0 bridgehead atoms. The van der Waals surface area contributed by atoms with E-state index in [9.17, 15) is 15.2 Å². The monoisotopic (exact) mass is 432 g/mol. The van der Waals surface area contributed by atoms with Gasteiger partial charge in [-0.3, -0.25) is 10.1 Å². The summed E-state index contributed by atoms with van der Waals surface area (Å²) in [6.07, 6.45) is 0. The normalized spacial score (nSPS) is 10.8. The maximum absolute atomic E-state index is 12.5. The van der Waals surface area contributed by atoms with Gasteiger partial charge in [0.2, 0.25) is 0 Å². The predicted molar refractivity (Wildman–Crippen MR) is 126 cm³/mol. The maximum atomic E-state index is 12.5. The van der Waals surface area contributed by atoms with Crippen molar-refractivity contribution in [2.24, 2.45) is 0 Å². The molecule has 0 amide bonds. The molecule has 5 rings (SSSR count). The van der Waals surface area contributed by atoms with Crippen LogP contribution in [-0.4, -0.2) is 14.9 Å². The van der Waals surface area contributed by atoms with Crippen molar-refractivity contribution in [3.63, 3.8) is 0 Å². The molecule has 0 aliphatic carbocycles. The summed E-state index contributed by atoms with van der Waals surface area (Å²) in [5.41, 5.74) is 5.38. The molecule has 160 valence electrons. The van der Waals surface area contributed by atoms with Crippen LogP contribution in [0.5, 0.6) is 5.75 Å². The number of non-ortho nitro benzene ring substituents is 1. The highest BCUT2D eigenvalue weighted by molar-refractivity contribution is 5.83. The Bertz CT molecular complexity index is 1430. The Morgan fingerprint density at radius 3 is 1.91 bits per heavy atom. The fourth-order valence-corrected chi connectivity index (χ4v) is 3.79. The molecule has 6 nitrogen and oxygen atoms in total. The zero-order valence-electron chi connectivity index (χ0n) is 17.4. The molecule has 0 atom stereocenters. The number of aromatic nitrogens is 2. The number of benzene rings is 4. The van der Waals surface area contributed by atoms with E-state index in [-0.39, 0.29) is 17.0 Å². The zero-order valence-corrected chi connectivity index (χ0v) is 17.4. The third kappa shape index (κ3) is 3.97. The van der Waals surface area contributed by atoms with Crippen LogP contribution in [0, 0.1) is 10.1 Å². The highest BCUT2D eigenvalue weighted by atomic mass is 16.6. The lowest BCUT2D eigenvalue weighted by Crippen LogP contribution is -1.96. The fraction of sp³-hybridized carbons (Fsp3) is 0. The summed E-state index contributed by atoms with van der Waals surface area (Å²) < 4.78 is 0. The molecular formula is C27H18N3O3-. The molecule has 0 saturated heterocycles. The Kier molecular flexibility index (Phi) is 5.16. The lowest BCUT2D eigenvalue weighted by molar-refractivity contribution is -0.385. The first-order chi connectivity index (χ1) is 16.1. The van der Waals surface area contributed by atoms with Gasteiger partial charge in [-0.05, 0) is 11.1 Å². The van der Waals surface area contributed by atoms with Crippen LogP contribution >= 0.6 is 0 Å². The molecule has 0 unspecified atom stereocenters. The van der Waals surface area contributed by atoms with Crippen molar-refractivity contribution >= 4 is 5.69 Å². The largest absolute Gasteiger partial charge is 0.872 e. The molecule has 0 aliphatic heterocycles. The van der Waals surface area contributed by atoms with Gasteiger partial charge in [-0.15, -0.1) is 0 Å². The van der Waals surface area contributed by atoms with E-state index < -0.39 is 4.92 Å². The summed E-state index contributed by atoms with van der Waals surface area (Å²) in [6, 6.07) is 31.4. The average molecular weight is 432 g/mol. The second kappa shape index (κ2) is 8.43. The molecule has 0 saturated carbocycles. The lowest BCUT2D eigenvalue weighted by Gasteiger charge is -2.10. The van der Waals surface area contributed by atoms with E-state index in [0.29, 0.717) is 11.5 Å². The molecule has 4 aromatic carbocycles. The first-order valence-corrected chi connectivity index (χ1v) is 10.4. The molecule has 5 aromatic rings. The molecule has 0 radical (unpaired) electrons. The minimum atomic E-state index is -0.521. The number of hydrogen-bond acceptors (Lipinski definition) is 4. The Morgan fingerprint density at radius 2 is 1.27 bits per heavy atom. The number of nitrogens with zero attached hydrogens (tertiary/aromatic N) is 2. The number of nitro benzene ring substituents is 1. The van der Waals surface area contributed by atoms with E-state index in [0.717, 1.165) is 27.9 Å². The van der Waals surface area contributed by atoms with Gasteiger partial charge in [-0.1, -0.05) is 96.7 Å². The Hall–Kier alpha value is -4.71. The molecule has 33 heavy (non-hydrogen) atoms. The first kappa shape index (κ1) is 20.2. The van der Waals surface area contributed by atoms with Crippen molar-refractivity contribution in [1.29, 1.82) is 0 Å². The Labute approximate surface area is 190 Å². The highest BCUT2D eigenvalue weighted by Crippen LogP contribution is 2.36. The number of H-pyrrole nitrogens is 1. The number of hydrogen-bond donors (Lipinski definition) is 1. The SMILES string of the molecule is O=[N+]([O-])c1ccc([O-])c(-c2nc(-c3ccccc3)c(-c3ccc(-c4ccccc4)cc3)[nH]2)c1. The molecule has 1 N–H and O–H groups in total. The predicted octanol–water partition coefficient (Wildman–Crippen LogP) is 6.06. The molecular weight excluding hydrogens is 414 g/mol. The van der Waals surface area contributed by atoms with Crippen LogP contribution in [0.1, 0.15) is 0 Å². The van der Waals surface area contributed by atoms with E-state index >= 15 is 0 Å². The molecule has 1 aromatic heterocycles. The summed E-state index contributed by atoms with van der Waals surface area (Å²) in [6.45, 7) is 0. The minimum Gasteiger partial charge on any atom is -0.872 e. The van der Waals surface area contributed by atoms with Gasteiger partial charge in [-0.25, -0.2) is 4.98 Å². The van der Waals surface area contributed by atoms with E-state index in [1.807, 2.05) is 72.8 Å². The van der Waals surface area contributed by atoms with Gasteiger partial charge >= 0.3 is 0 Å². The molecule has 0 spiro atoms. The highest BCUT2D eigenvalue weighted by Gasteiger charge is 2.17. The molecule has 0 fully saturated rings. The van der Waals surface area contributed by atoms with Gasteiger partial charge in [0.25, 0.3) is 5.69 Å². The van der Waals surface area contributed by atoms with E-state index in [1.54, 1.807) is 0 Å². The van der Waals surface area contributed by atoms with Crippen molar-refractivity contribution in [3.05, 3.63) is 113 Å². The first-order valence-electron chi connectivity index (χ1n) is 10.4. The number of imidazole rings is 1. The summed E-state index contributed by atoms with van der Waals surface area (Å²) >= 11 is 0. The van der Waals surface area contributed by atoms with Crippen LogP contribution < -0.4 is 5.11 Å². The van der Waals surface area contributed by atoms with Crippen molar-refractivity contribution in [3.8, 4) is 50.8 Å².